The summed E-state index contributed by atoms with van der Waals surface area (Å²) in [5, 5.41) is 14.7. The summed E-state index contributed by atoms with van der Waals surface area (Å²) < 4.78 is 1.64. The van der Waals surface area contributed by atoms with Crippen LogP contribution in [0.25, 0.3) is 16.7 Å². The van der Waals surface area contributed by atoms with Crippen molar-refractivity contribution in [3.8, 4) is 11.4 Å². The number of aromatic nitrogens is 3. The van der Waals surface area contributed by atoms with Gasteiger partial charge in [-0.2, -0.15) is 0 Å². The highest BCUT2D eigenvalue weighted by molar-refractivity contribution is 5.98. The first kappa shape index (κ1) is 11.4. The van der Waals surface area contributed by atoms with Crippen LogP contribution in [0.5, 0.6) is 5.75 Å². The molecule has 94 valence electrons. The Hall–Kier alpha value is -2.69. The SMILES string of the molecule is Cc1nc2nn(-c3ccccc3)cc2c(C=O)c1O. The molecule has 19 heavy (non-hydrogen) atoms. The number of pyridine rings is 1. The Kier molecular flexibility index (Phi) is 2.52. The van der Waals surface area contributed by atoms with Crippen molar-refractivity contribution in [2.45, 2.75) is 6.92 Å². The number of benzene rings is 1. The minimum atomic E-state index is -0.0879. The molecule has 0 bridgehead atoms. The third kappa shape index (κ3) is 1.76. The molecule has 2 heterocycles. The first-order valence-corrected chi connectivity index (χ1v) is 5.80. The fourth-order valence-corrected chi connectivity index (χ4v) is 2.00. The summed E-state index contributed by atoms with van der Waals surface area (Å²) in [4.78, 5) is 15.3. The Labute approximate surface area is 109 Å². The van der Waals surface area contributed by atoms with Crippen LogP contribution in [0.1, 0.15) is 16.1 Å². The predicted molar refractivity (Wildman–Crippen MR) is 70.7 cm³/mol. The van der Waals surface area contributed by atoms with Crippen LogP contribution < -0.4 is 0 Å². The Balaban J connectivity index is 2.30. The van der Waals surface area contributed by atoms with Crippen molar-refractivity contribution in [3.05, 3.63) is 47.8 Å². The van der Waals surface area contributed by atoms with E-state index >= 15 is 0 Å². The summed E-state index contributed by atoms with van der Waals surface area (Å²) in [6.07, 6.45) is 2.32. The van der Waals surface area contributed by atoms with Gasteiger partial charge in [0, 0.05) is 6.20 Å². The van der Waals surface area contributed by atoms with Crippen LogP contribution in [-0.4, -0.2) is 26.2 Å². The van der Waals surface area contributed by atoms with Crippen LogP contribution in [-0.2, 0) is 0 Å². The summed E-state index contributed by atoms with van der Waals surface area (Å²) >= 11 is 0. The molecule has 0 amide bonds. The van der Waals surface area contributed by atoms with E-state index in [9.17, 15) is 9.90 Å². The number of carbonyl (C=O) groups excluding carboxylic acids is 1. The van der Waals surface area contributed by atoms with Gasteiger partial charge in [-0.05, 0) is 19.1 Å². The van der Waals surface area contributed by atoms with Crippen molar-refractivity contribution in [1.82, 2.24) is 14.8 Å². The van der Waals surface area contributed by atoms with Crippen LogP contribution in [0.2, 0.25) is 0 Å². The topological polar surface area (TPSA) is 68.0 Å². The Morgan fingerprint density at radius 2 is 2.00 bits per heavy atom. The largest absolute Gasteiger partial charge is 0.505 e. The number of hydrogen-bond donors (Lipinski definition) is 1. The molecule has 5 nitrogen and oxygen atoms in total. The number of aldehydes is 1. The van der Waals surface area contributed by atoms with E-state index in [1.165, 1.54) is 0 Å². The molecule has 1 N–H and O–H groups in total. The molecule has 5 heteroatoms. The van der Waals surface area contributed by atoms with E-state index in [4.69, 9.17) is 0 Å². The average Bonchev–Trinajstić information content (AvgIpc) is 2.84. The highest BCUT2D eigenvalue weighted by Gasteiger charge is 2.14. The number of aromatic hydroxyl groups is 1. The van der Waals surface area contributed by atoms with Crippen molar-refractivity contribution >= 4 is 17.3 Å². The second kappa shape index (κ2) is 4.20. The van der Waals surface area contributed by atoms with Gasteiger partial charge in [-0.3, -0.25) is 4.79 Å². The molecular weight excluding hydrogens is 242 g/mol. The summed E-state index contributed by atoms with van der Waals surface area (Å²) in [6, 6.07) is 9.52. The Morgan fingerprint density at radius 1 is 1.26 bits per heavy atom. The van der Waals surface area contributed by atoms with E-state index in [0.29, 0.717) is 23.0 Å². The number of fused-ring (bicyclic) bond motifs is 1. The van der Waals surface area contributed by atoms with Crippen LogP contribution in [0, 0.1) is 6.92 Å². The van der Waals surface area contributed by atoms with Gasteiger partial charge in [-0.15, -0.1) is 5.10 Å². The fraction of sp³-hybridized carbons (Fsp3) is 0.0714. The van der Waals surface area contributed by atoms with Gasteiger partial charge in [0.2, 0.25) is 0 Å². The lowest BCUT2D eigenvalue weighted by molar-refractivity contribution is 0.112. The van der Waals surface area contributed by atoms with Crippen LogP contribution in [0.15, 0.2) is 36.5 Å². The molecule has 3 rings (SSSR count). The molecule has 0 saturated carbocycles. The van der Waals surface area contributed by atoms with Gasteiger partial charge >= 0.3 is 0 Å². The Morgan fingerprint density at radius 3 is 2.68 bits per heavy atom. The molecular formula is C14H11N3O2. The van der Waals surface area contributed by atoms with Gasteiger partial charge in [0.05, 0.1) is 22.3 Å². The number of para-hydroxylation sites is 1. The van der Waals surface area contributed by atoms with Gasteiger partial charge in [-0.25, -0.2) is 9.67 Å². The van der Waals surface area contributed by atoms with Crippen molar-refractivity contribution in [2.75, 3.05) is 0 Å². The molecule has 2 aromatic heterocycles. The van der Waals surface area contributed by atoms with Crippen molar-refractivity contribution in [1.29, 1.82) is 0 Å². The molecule has 0 aliphatic rings. The van der Waals surface area contributed by atoms with Crippen LogP contribution in [0.4, 0.5) is 0 Å². The van der Waals surface area contributed by atoms with Gasteiger partial charge in [-0.1, -0.05) is 18.2 Å². The van der Waals surface area contributed by atoms with E-state index in [1.54, 1.807) is 17.8 Å². The normalized spacial score (nSPS) is 10.8. The standard InChI is InChI=1S/C14H11N3O2/c1-9-13(19)12(8-18)11-7-17(16-14(11)15-9)10-5-3-2-4-6-10/h2-8,19H,1H3. The molecule has 0 unspecified atom stereocenters. The van der Waals surface area contributed by atoms with E-state index in [0.717, 1.165) is 5.69 Å². The number of nitrogens with zero attached hydrogens (tertiary/aromatic N) is 3. The molecule has 0 spiro atoms. The van der Waals surface area contributed by atoms with Crippen molar-refractivity contribution < 1.29 is 9.90 Å². The summed E-state index contributed by atoms with van der Waals surface area (Å²) in [5.41, 5.74) is 1.94. The Bertz CT molecular complexity index is 763. The van der Waals surface area contributed by atoms with E-state index in [-0.39, 0.29) is 11.3 Å². The first-order chi connectivity index (χ1) is 9.20. The lowest BCUT2D eigenvalue weighted by Crippen LogP contribution is -1.93. The number of rotatable bonds is 2. The zero-order valence-corrected chi connectivity index (χ0v) is 10.2. The van der Waals surface area contributed by atoms with Crippen molar-refractivity contribution in [3.63, 3.8) is 0 Å². The zero-order chi connectivity index (χ0) is 13.4. The number of carbonyl (C=O) groups is 1. The molecule has 0 saturated heterocycles. The van der Waals surface area contributed by atoms with Crippen LogP contribution in [0.3, 0.4) is 0 Å². The minimum Gasteiger partial charge on any atom is -0.505 e. The average molecular weight is 253 g/mol. The molecule has 0 atom stereocenters. The van der Waals surface area contributed by atoms with Crippen LogP contribution >= 0.6 is 0 Å². The lowest BCUT2D eigenvalue weighted by atomic mass is 10.1. The second-order valence-corrected chi connectivity index (χ2v) is 4.22. The number of hydrogen-bond acceptors (Lipinski definition) is 4. The second-order valence-electron chi connectivity index (χ2n) is 4.22. The molecule has 3 aromatic rings. The predicted octanol–water partition coefficient (Wildman–Crippen LogP) is 2.25. The van der Waals surface area contributed by atoms with E-state index in [1.807, 2.05) is 30.3 Å². The molecule has 0 aliphatic carbocycles. The molecule has 0 aliphatic heterocycles. The summed E-state index contributed by atoms with van der Waals surface area (Å²) in [6.45, 7) is 1.64. The molecule has 0 radical (unpaired) electrons. The van der Waals surface area contributed by atoms with Crippen molar-refractivity contribution in [2.24, 2.45) is 0 Å². The smallest absolute Gasteiger partial charge is 0.182 e. The highest BCUT2D eigenvalue weighted by Crippen LogP contribution is 2.27. The lowest BCUT2D eigenvalue weighted by Gasteiger charge is -2.00. The molecule has 0 fully saturated rings. The fourth-order valence-electron chi connectivity index (χ4n) is 2.00. The third-order valence-electron chi connectivity index (χ3n) is 2.99. The summed E-state index contributed by atoms with van der Waals surface area (Å²) in [5.74, 6) is -0.0879. The summed E-state index contributed by atoms with van der Waals surface area (Å²) in [7, 11) is 0. The zero-order valence-electron chi connectivity index (χ0n) is 10.2. The quantitative estimate of drug-likeness (QED) is 0.711. The number of aryl methyl sites for hydroxylation is 1. The van der Waals surface area contributed by atoms with E-state index < -0.39 is 0 Å². The van der Waals surface area contributed by atoms with Gasteiger partial charge < -0.3 is 5.11 Å². The van der Waals surface area contributed by atoms with E-state index in [2.05, 4.69) is 10.1 Å². The van der Waals surface area contributed by atoms with Gasteiger partial charge in [0.1, 0.15) is 5.75 Å². The first-order valence-electron chi connectivity index (χ1n) is 5.80. The van der Waals surface area contributed by atoms with Gasteiger partial charge in [0.15, 0.2) is 11.9 Å². The highest BCUT2D eigenvalue weighted by atomic mass is 16.3. The third-order valence-corrected chi connectivity index (χ3v) is 2.99. The minimum absolute atomic E-state index is 0.0879. The maximum atomic E-state index is 11.1. The maximum absolute atomic E-state index is 11.1. The maximum Gasteiger partial charge on any atom is 0.182 e. The molecule has 1 aromatic carbocycles. The van der Waals surface area contributed by atoms with Gasteiger partial charge in [0.25, 0.3) is 0 Å². The monoisotopic (exact) mass is 253 g/mol.